The monoisotopic (exact) mass is 273 g/mol. The van der Waals surface area contributed by atoms with Crippen molar-refractivity contribution in [2.75, 3.05) is 5.73 Å². The smallest absolute Gasteiger partial charge is 0.398 e. The molecule has 0 saturated carbocycles. The summed E-state index contributed by atoms with van der Waals surface area (Å²) in [6.07, 6.45) is -0.564. The molecule has 0 aliphatic heterocycles. The lowest BCUT2D eigenvalue weighted by Crippen LogP contribution is -2.10. The highest BCUT2D eigenvalue weighted by molar-refractivity contribution is 6.00. The number of carbonyl (C=O) groups is 1. The summed E-state index contributed by atoms with van der Waals surface area (Å²) in [5, 5.41) is 0. The summed E-state index contributed by atoms with van der Waals surface area (Å²) >= 11 is 0. The SMILES string of the molecule is CCCCCCC(=O)c1cc(C(F)(F)F)ccc1N. The van der Waals surface area contributed by atoms with Gasteiger partial charge in [0.1, 0.15) is 0 Å². The van der Waals surface area contributed by atoms with E-state index in [0.29, 0.717) is 6.42 Å². The van der Waals surface area contributed by atoms with E-state index < -0.39 is 11.7 Å². The molecule has 5 heteroatoms. The maximum atomic E-state index is 12.6. The molecule has 0 unspecified atom stereocenters. The molecule has 0 radical (unpaired) electrons. The van der Waals surface area contributed by atoms with Crippen LogP contribution < -0.4 is 5.73 Å². The average molecular weight is 273 g/mol. The van der Waals surface area contributed by atoms with Crippen molar-refractivity contribution in [3.8, 4) is 0 Å². The second kappa shape index (κ2) is 6.59. The van der Waals surface area contributed by atoms with Gasteiger partial charge in [0.25, 0.3) is 0 Å². The van der Waals surface area contributed by atoms with Crippen molar-refractivity contribution < 1.29 is 18.0 Å². The number of rotatable bonds is 6. The number of unbranched alkanes of at least 4 members (excludes halogenated alkanes) is 3. The molecule has 106 valence electrons. The van der Waals surface area contributed by atoms with E-state index in [4.69, 9.17) is 5.73 Å². The minimum atomic E-state index is -4.45. The molecule has 0 aliphatic carbocycles. The first kappa shape index (κ1) is 15.5. The van der Waals surface area contributed by atoms with E-state index in [9.17, 15) is 18.0 Å². The highest BCUT2D eigenvalue weighted by atomic mass is 19.4. The Morgan fingerprint density at radius 3 is 2.47 bits per heavy atom. The molecule has 0 aromatic heterocycles. The lowest BCUT2D eigenvalue weighted by Gasteiger charge is -2.10. The summed E-state index contributed by atoms with van der Waals surface area (Å²) in [4.78, 5) is 11.9. The molecule has 2 N–H and O–H groups in total. The first-order valence-corrected chi connectivity index (χ1v) is 6.36. The van der Waals surface area contributed by atoms with Gasteiger partial charge in [0, 0.05) is 17.7 Å². The zero-order valence-corrected chi connectivity index (χ0v) is 10.9. The highest BCUT2D eigenvalue weighted by Crippen LogP contribution is 2.31. The third kappa shape index (κ3) is 4.58. The van der Waals surface area contributed by atoms with Crippen LogP contribution in [0.15, 0.2) is 18.2 Å². The summed E-state index contributed by atoms with van der Waals surface area (Å²) in [7, 11) is 0. The molecular weight excluding hydrogens is 255 g/mol. The molecule has 0 bridgehead atoms. The number of Topliss-reactive ketones (excluding diaryl/α,β-unsaturated/α-hetero) is 1. The zero-order chi connectivity index (χ0) is 14.5. The topological polar surface area (TPSA) is 43.1 Å². The van der Waals surface area contributed by atoms with Crippen LogP contribution in [0.25, 0.3) is 0 Å². The molecule has 19 heavy (non-hydrogen) atoms. The number of halogens is 3. The maximum Gasteiger partial charge on any atom is 0.416 e. The van der Waals surface area contributed by atoms with Gasteiger partial charge in [-0.05, 0) is 24.6 Å². The Labute approximate surface area is 110 Å². The number of hydrogen-bond donors (Lipinski definition) is 1. The molecule has 1 rings (SSSR count). The fourth-order valence-electron chi connectivity index (χ4n) is 1.82. The molecule has 0 atom stereocenters. The highest BCUT2D eigenvalue weighted by Gasteiger charge is 2.31. The van der Waals surface area contributed by atoms with Crippen molar-refractivity contribution in [2.24, 2.45) is 0 Å². The number of ketones is 1. The standard InChI is InChI=1S/C14H18F3NO/c1-2-3-4-5-6-13(19)11-9-10(14(15,16)17)7-8-12(11)18/h7-9H,2-6,18H2,1H3. The molecule has 0 fully saturated rings. The first-order chi connectivity index (χ1) is 8.86. The molecular formula is C14H18F3NO. The van der Waals surface area contributed by atoms with E-state index >= 15 is 0 Å². The Hall–Kier alpha value is -1.52. The molecule has 0 saturated heterocycles. The van der Waals surface area contributed by atoms with Gasteiger partial charge >= 0.3 is 6.18 Å². The molecule has 1 aromatic rings. The van der Waals surface area contributed by atoms with Crippen LogP contribution in [0.1, 0.15) is 54.9 Å². The first-order valence-electron chi connectivity index (χ1n) is 6.36. The van der Waals surface area contributed by atoms with Gasteiger partial charge in [-0.1, -0.05) is 26.2 Å². The van der Waals surface area contributed by atoms with E-state index in [1.165, 1.54) is 0 Å². The molecule has 0 amide bonds. The summed E-state index contributed by atoms with van der Waals surface area (Å²) in [6, 6.07) is 2.88. The van der Waals surface area contributed by atoms with Crippen LogP contribution in [0.3, 0.4) is 0 Å². The van der Waals surface area contributed by atoms with Gasteiger partial charge in [-0.3, -0.25) is 4.79 Å². The maximum absolute atomic E-state index is 12.6. The number of anilines is 1. The number of benzene rings is 1. The third-order valence-corrected chi connectivity index (χ3v) is 2.94. The predicted octanol–water partition coefficient (Wildman–Crippen LogP) is 4.44. The van der Waals surface area contributed by atoms with Crippen LogP contribution in [0, 0.1) is 0 Å². The predicted molar refractivity (Wildman–Crippen MR) is 68.9 cm³/mol. The van der Waals surface area contributed by atoms with Gasteiger partial charge < -0.3 is 5.73 Å². The largest absolute Gasteiger partial charge is 0.416 e. The van der Waals surface area contributed by atoms with Crippen molar-refractivity contribution in [3.63, 3.8) is 0 Å². The quantitative estimate of drug-likeness (QED) is 0.473. The Morgan fingerprint density at radius 1 is 1.21 bits per heavy atom. The number of carbonyl (C=O) groups excluding carboxylic acids is 1. The normalized spacial score (nSPS) is 11.6. The molecule has 0 heterocycles. The Bertz CT molecular complexity index is 441. The van der Waals surface area contributed by atoms with Gasteiger partial charge in [-0.25, -0.2) is 0 Å². The van der Waals surface area contributed by atoms with Crippen LogP contribution in [-0.4, -0.2) is 5.78 Å². The van der Waals surface area contributed by atoms with Gasteiger partial charge in [0.15, 0.2) is 5.78 Å². The van der Waals surface area contributed by atoms with Crippen molar-refractivity contribution >= 4 is 11.5 Å². The lowest BCUT2D eigenvalue weighted by molar-refractivity contribution is -0.137. The fourth-order valence-corrected chi connectivity index (χ4v) is 1.82. The number of hydrogen-bond acceptors (Lipinski definition) is 2. The summed E-state index contributed by atoms with van der Waals surface area (Å²) in [5.41, 5.74) is 4.82. The number of nitrogens with two attached hydrogens (primary N) is 1. The summed E-state index contributed by atoms with van der Waals surface area (Å²) in [5.74, 6) is -0.320. The van der Waals surface area contributed by atoms with E-state index in [-0.39, 0.29) is 23.5 Å². The van der Waals surface area contributed by atoms with Crippen molar-refractivity contribution in [1.29, 1.82) is 0 Å². The number of alkyl halides is 3. The van der Waals surface area contributed by atoms with Crippen molar-refractivity contribution in [2.45, 2.75) is 45.2 Å². The summed E-state index contributed by atoms with van der Waals surface area (Å²) < 4.78 is 37.7. The van der Waals surface area contributed by atoms with Crippen LogP contribution in [0.5, 0.6) is 0 Å². The minimum Gasteiger partial charge on any atom is -0.398 e. The third-order valence-electron chi connectivity index (χ3n) is 2.94. The summed E-state index contributed by atoms with van der Waals surface area (Å²) in [6.45, 7) is 2.05. The van der Waals surface area contributed by atoms with E-state index in [1.807, 2.05) is 6.92 Å². The molecule has 1 aromatic carbocycles. The van der Waals surface area contributed by atoms with Gasteiger partial charge in [0.2, 0.25) is 0 Å². The van der Waals surface area contributed by atoms with Crippen LogP contribution in [0.2, 0.25) is 0 Å². The number of nitrogen functional groups attached to an aromatic ring is 1. The average Bonchev–Trinajstić information content (AvgIpc) is 2.33. The van der Waals surface area contributed by atoms with Gasteiger partial charge in [-0.15, -0.1) is 0 Å². The van der Waals surface area contributed by atoms with E-state index in [0.717, 1.165) is 37.5 Å². The zero-order valence-electron chi connectivity index (χ0n) is 10.9. The second-order valence-electron chi connectivity index (χ2n) is 4.53. The van der Waals surface area contributed by atoms with Crippen LogP contribution in [0.4, 0.5) is 18.9 Å². The lowest BCUT2D eigenvalue weighted by atomic mass is 10.0. The van der Waals surface area contributed by atoms with E-state index in [1.54, 1.807) is 0 Å². The van der Waals surface area contributed by atoms with Gasteiger partial charge in [-0.2, -0.15) is 13.2 Å². The van der Waals surface area contributed by atoms with E-state index in [2.05, 4.69) is 0 Å². The van der Waals surface area contributed by atoms with Crippen molar-refractivity contribution in [1.82, 2.24) is 0 Å². The Morgan fingerprint density at radius 2 is 1.89 bits per heavy atom. The fraction of sp³-hybridized carbons (Fsp3) is 0.500. The minimum absolute atomic E-state index is 0.0219. The Kier molecular flexibility index (Phi) is 5.39. The van der Waals surface area contributed by atoms with Crippen LogP contribution in [-0.2, 0) is 6.18 Å². The molecule has 2 nitrogen and oxygen atoms in total. The van der Waals surface area contributed by atoms with Crippen LogP contribution >= 0.6 is 0 Å². The Balaban J connectivity index is 2.78. The van der Waals surface area contributed by atoms with Gasteiger partial charge in [0.05, 0.1) is 5.56 Å². The molecule has 0 spiro atoms. The second-order valence-corrected chi connectivity index (χ2v) is 4.53. The molecule has 0 aliphatic rings. The van der Waals surface area contributed by atoms with Crippen molar-refractivity contribution in [3.05, 3.63) is 29.3 Å².